The van der Waals surface area contributed by atoms with Gasteiger partial charge in [-0.1, -0.05) is 15.9 Å². The fourth-order valence-electron chi connectivity index (χ4n) is 2.84. The zero-order valence-electron chi connectivity index (χ0n) is 12.7. The lowest BCUT2D eigenvalue weighted by molar-refractivity contribution is 0.173. The van der Waals surface area contributed by atoms with Crippen molar-refractivity contribution < 1.29 is 4.74 Å². The van der Waals surface area contributed by atoms with Crippen LogP contribution < -0.4 is 4.74 Å². The third-order valence-electron chi connectivity index (χ3n) is 4.10. The van der Waals surface area contributed by atoms with Crippen LogP contribution in [0.15, 0.2) is 22.7 Å². The Kier molecular flexibility index (Phi) is 5.87. The molecule has 1 fully saturated rings. The Labute approximate surface area is 131 Å². The second kappa shape index (κ2) is 7.43. The Morgan fingerprint density at radius 2 is 2.05 bits per heavy atom. The molecule has 1 aromatic carbocycles. The fraction of sp³-hybridized carbons (Fsp3) is 0.625. The zero-order chi connectivity index (χ0) is 14.5. The van der Waals surface area contributed by atoms with E-state index in [1.54, 1.807) is 7.11 Å². The Hall–Kier alpha value is -0.580. The molecule has 1 saturated heterocycles. The van der Waals surface area contributed by atoms with Gasteiger partial charge in [0.25, 0.3) is 0 Å². The number of likely N-dealkylation sites (tertiary alicyclic amines) is 1. The molecule has 4 heteroatoms. The summed E-state index contributed by atoms with van der Waals surface area (Å²) in [7, 11) is 6.15. The number of ether oxygens (including phenoxy) is 1. The summed E-state index contributed by atoms with van der Waals surface area (Å²) in [5.41, 5.74) is 1.29. The molecule has 0 radical (unpaired) electrons. The summed E-state index contributed by atoms with van der Waals surface area (Å²) in [5.74, 6) is 1.76. The smallest absolute Gasteiger partial charge is 0.119 e. The maximum Gasteiger partial charge on any atom is 0.119 e. The molecule has 1 aliphatic heterocycles. The molecule has 0 spiro atoms. The predicted octanol–water partition coefficient (Wildman–Crippen LogP) is 3.23. The maximum absolute atomic E-state index is 5.31. The van der Waals surface area contributed by atoms with E-state index in [1.807, 2.05) is 6.07 Å². The van der Waals surface area contributed by atoms with Crippen LogP contribution in [0.4, 0.5) is 0 Å². The fourth-order valence-corrected chi connectivity index (χ4v) is 3.21. The van der Waals surface area contributed by atoms with E-state index >= 15 is 0 Å². The third kappa shape index (κ3) is 4.47. The minimum atomic E-state index is 0.834. The lowest BCUT2D eigenvalue weighted by Gasteiger charge is -2.31. The van der Waals surface area contributed by atoms with Crippen LogP contribution in [0.1, 0.15) is 18.4 Å². The largest absolute Gasteiger partial charge is 0.497 e. The quantitative estimate of drug-likeness (QED) is 0.818. The van der Waals surface area contributed by atoms with Gasteiger partial charge in [-0.05, 0) is 69.7 Å². The normalized spacial score (nSPS) is 17.6. The van der Waals surface area contributed by atoms with Gasteiger partial charge in [0.05, 0.1) is 7.11 Å². The van der Waals surface area contributed by atoms with Gasteiger partial charge in [-0.25, -0.2) is 0 Å². The lowest BCUT2D eigenvalue weighted by atomic mass is 9.96. The van der Waals surface area contributed by atoms with Crippen molar-refractivity contribution in [2.45, 2.75) is 19.4 Å². The highest BCUT2D eigenvalue weighted by Gasteiger charge is 2.18. The van der Waals surface area contributed by atoms with Crippen LogP contribution in [0, 0.1) is 5.92 Å². The van der Waals surface area contributed by atoms with Crippen LogP contribution >= 0.6 is 15.9 Å². The summed E-state index contributed by atoms with van der Waals surface area (Å²) < 4.78 is 6.47. The first-order valence-corrected chi connectivity index (χ1v) is 8.07. The van der Waals surface area contributed by atoms with Crippen LogP contribution in [0.5, 0.6) is 5.75 Å². The standard InChI is InChI=1S/C16H25BrN2O/c1-18-8-6-13(7-9-18)11-19(2)12-14-10-15(20-3)4-5-16(14)17/h4-5,10,13H,6-9,11-12H2,1-3H3. The molecule has 0 unspecified atom stereocenters. The van der Waals surface area contributed by atoms with Gasteiger partial charge in [0.2, 0.25) is 0 Å². The van der Waals surface area contributed by atoms with E-state index in [1.165, 1.54) is 38.0 Å². The van der Waals surface area contributed by atoms with Crippen molar-refractivity contribution in [3.8, 4) is 5.75 Å². The molecule has 1 aromatic rings. The molecule has 0 saturated carbocycles. The number of halogens is 1. The molecular weight excluding hydrogens is 316 g/mol. The summed E-state index contributed by atoms with van der Waals surface area (Å²) in [5, 5.41) is 0. The van der Waals surface area contributed by atoms with Gasteiger partial charge in [-0.3, -0.25) is 0 Å². The van der Waals surface area contributed by atoms with Crippen LogP contribution in [-0.2, 0) is 6.54 Å². The highest BCUT2D eigenvalue weighted by atomic mass is 79.9. The number of methoxy groups -OCH3 is 1. The van der Waals surface area contributed by atoms with Crippen LogP contribution in [0.3, 0.4) is 0 Å². The molecule has 0 aromatic heterocycles. The number of hydrogen-bond acceptors (Lipinski definition) is 3. The van der Waals surface area contributed by atoms with E-state index < -0.39 is 0 Å². The molecule has 1 heterocycles. The van der Waals surface area contributed by atoms with Gasteiger partial charge in [0.1, 0.15) is 5.75 Å². The molecule has 0 atom stereocenters. The Bertz CT molecular complexity index is 430. The van der Waals surface area contributed by atoms with E-state index in [-0.39, 0.29) is 0 Å². The lowest BCUT2D eigenvalue weighted by Crippen LogP contribution is -2.35. The van der Waals surface area contributed by atoms with Gasteiger partial charge in [-0.2, -0.15) is 0 Å². The molecular formula is C16H25BrN2O. The Morgan fingerprint density at radius 3 is 2.70 bits per heavy atom. The first-order valence-electron chi connectivity index (χ1n) is 7.28. The molecule has 112 valence electrons. The second-order valence-electron chi connectivity index (χ2n) is 5.90. The van der Waals surface area contributed by atoms with Crippen molar-refractivity contribution in [3.05, 3.63) is 28.2 Å². The third-order valence-corrected chi connectivity index (χ3v) is 4.87. The summed E-state index contributed by atoms with van der Waals surface area (Å²) in [6, 6.07) is 6.18. The zero-order valence-corrected chi connectivity index (χ0v) is 14.3. The molecule has 0 N–H and O–H groups in total. The second-order valence-corrected chi connectivity index (χ2v) is 6.76. The Balaban J connectivity index is 1.89. The Morgan fingerprint density at radius 1 is 1.35 bits per heavy atom. The van der Waals surface area contributed by atoms with Crippen LogP contribution in [-0.4, -0.2) is 50.6 Å². The van der Waals surface area contributed by atoms with Gasteiger partial charge in [0.15, 0.2) is 0 Å². The molecule has 3 nitrogen and oxygen atoms in total. The van der Waals surface area contributed by atoms with E-state index in [0.717, 1.165) is 22.7 Å². The summed E-state index contributed by atoms with van der Waals surface area (Å²) in [4.78, 5) is 4.85. The molecule has 0 bridgehead atoms. The number of hydrogen-bond donors (Lipinski definition) is 0. The molecule has 20 heavy (non-hydrogen) atoms. The number of rotatable bonds is 5. The summed E-state index contributed by atoms with van der Waals surface area (Å²) in [6.45, 7) is 4.62. The number of piperidine rings is 1. The average Bonchev–Trinajstić information content (AvgIpc) is 2.44. The van der Waals surface area contributed by atoms with Crippen molar-refractivity contribution in [2.75, 3.05) is 40.8 Å². The summed E-state index contributed by atoms with van der Waals surface area (Å²) >= 11 is 3.63. The summed E-state index contributed by atoms with van der Waals surface area (Å²) in [6.07, 6.45) is 2.64. The molecule has 1 aliphatic rings. The first kappa shape index (κ1) is 15.8. The minimum absolute atomic E-state index is 0.834. The van der Waals surface area contributed by atoms with E-state index in [4.69, 9.17) is 4.74 Å². The van der Waals surface area contributed by atoms with Crippen molar-refractivity contribution in [3.63, 3.8) is 0 Å². The van der Waals surface area contributed by atoms with Gasteiger partial charge in [-0.15, -0.1) is 0 Å². The van der Waals surface area contributed by atoms with Crippen LogP contribution in [0.2, 0.25) is 0 Å². The minimum Gasteiger partial charge on any atom is -0.497 e. The predicted molar refractivity (Wildman–Crippen MR) is 87.2 cm³/mol. The van der Waals surface area contributed by atoms with Crippen molar-refractivity contribution >= 4 is 15.9 Å². The van der Waals surface area contributed by atoms with E-state index in [0.29, 0.717) is 0 Å². The highest BCUT2D eigenvalue weighted by Crippen LogP contribution is 2.24. The highest BCUT2D eigenvalue weighted by molar-refractivity contribution is 9.10. The maximum atomic E-state index is 5.31. The number of benzene rings is 1. The van der Waals surface area contributed by atoms with Crippen LogP contribution in [0.25, 0.3) is 0 Å². The first-order chi connectivity index (χ1) is 9.58. The van der Waals surface area contributed by atoms with Gasteiger partial charge >= 0.3 is 0 Å². The average molecular weight is 341 g/mol. The molecule has 2 rings (SSSR count). The molecule has 0 aliphatic carbocycles. The number of nitrogens with zero attached hydrogens (tertiary/aromatic N) is 2. The molecule has 0 amide bonds. The van der Waals surface area contributed by atoms with E-state index in [2.05, 4.69) is 52.0 Å². The van der Waals surface area contributed by atoms with Crippen molar-refractivity contribution in [2.24, 2.45) is 5.92 Å². The monoisotopic (exact) mass is 340 g/mol. The van der Waals surface area contributed by atoms with Crippen molar-refractivity contribution in [1.29, 1.82) is 0 Å². The topological polar surface area (TPSA) is 15.7 Å². The van der Waals surface area contributed by atoms with Gasteiger partial charge in [0, 0.05) is 17.6 Å². The van der Waals surface area contributed by atoms with Gasteiger partial charge < -0.3 is 14.5 Å². The van der Waals surface area contributed by atoms with E-state index in [9.17, 15) is 0 Å². The SMILES string of the molecule is COc1ccc(Br)c(CN(C)CC2CCN(C)CC2)c1. The van der Waals surface area contributed by atoms with Crippen molar-refractivity contribution in [1.82, 2.24) is 9.80 Å².